The number of fused-ring (bicyclic) bond motifs is 1. The van der Waals surface area contributed by atoms with Crippen LogP contribution in [-0.4, -0.2) is 64.2 Å². The van der Waals surface area contributed by atoms with E-state index in [1.165, 1.54) is 0 Å². The summed E-state index contributed by atoms with van der Waals surface area (Å²) in [6, 6.07) is 15.9. The van der Waals surface area contributed by atoms with E-state index in [-0.39, 0.29) is 5.91 Å². The maximum absolute atomic E-state index is 13.7. The summed E-state index contributed by atoms with van der Waals surface area (Å²) >= 11 is 0. The number of aryl methyl sites for hydroxylation is 2. The van der Waals surface area contributed by atoms with Crippen molar-refractivity contribution in [2.75, 3.05) is 49.8 Å². The molecule has 0 aliphatic heterocycles. The molecular formula is C36H40N9OP. The molecule has 0 spiro atoms. The molecule has 5 aromatic rings. The quantitative estimate of drug-likeness (QED) is 0.170. The fourth-order valence-electron chi connectivity index (χ4n) is 5.04. The number of amides is 1. The predicted molar refractivity (Wildman–Crippen MR) is 193 cm³/mol. The lowest BCUT2D eigenvalue weighted by Gasteiger charge is -2.25. The van der Waals surface area contributed by atoms with Crippen LogP contribution in [0.25, 0.3) is 5.65 Å². The highest BCUT2D eigenvalue weighted by atomic mass is 31.0. The second-order valence-corrected chi connectivity index (χ2v) is 13.1. The number of aromatic nitrogens is 4. The smallest absolute Gasteiger partial charge is 0.256 e. The number of benzene rings is 2. The number of nitrogens with zero attached hydrogens (tertiary/aromatic N) is 7. The van der Waals surface area contributed by atoms with Gasteiger partial charge in [-0.15, -0.1) is 9.24 Å². The Kier molecular flexibility index (Phi) is 9.67. The molecule has 0 saturated heterocycles. The molecule has 1 unspecified atom stereocenters. The third-order valence-electron chi connectivity index (χ3n) is 7.99. The molecule has 0 aliphatic carbocycles. The first-order valence-electron chi connectivity index (χ1n) is 15.2. The van der Waals surface area contributed by atoms with Crippen LogP contribution in [-0.2, 0) is 12.5 Å². The maximum atomic E-state index is 13.7. The third-order valence-corrected chi connectivity index (χ3v) is 8.46. The first-order chi connectivity index (χ1) is 22.3. The Bertz CT molecular complexity index is 2060. The molecular weight excluding hydrogens is 605 g/mol. The molecule has 240 valence electrons. The van der Waals surface area contributed by atoms with E-state index in [0.29, 0.717) is 11.3 Å². The van der Waals surface area contributed by atoms with Gasteiger partial charge in [0.15, 0.2) is 5.65 Å². The molecule has 10 nitrogen and oxygen atoms in total. The SMILES string of the molecule is Cc1cc(P)c(C(=O)Nc2cc(N(C)CCN(C)C)cc(C(C)(C)C#N)c2)cc1C#Cc1cnc2c(Nc3cnn(C)c3)cccn12. The second kappa shape index (κ2) is 13.7. The molecule has 1 amide bonds. The van der Waals surface area contributed by atoms with Gasteiger partial charge in [-0.3, -0.25) is 13.9 Å². The lowest BCUT2D eigenvalue weighted by atomic mass is 9.85. The third kappa shape index (κ3) is 7.64. The number of anilines is 4. The molecule has 5 rings (SSSR count). The lowest BCUT2D eigenvalue weighted by Crippen LogP contribution is -2.29. The minimum atomic E-state index is -0.732. The number of hydrogen-bond donors (Lipinski definition) is 2. The second-order valence-electron chi connectivity index (χ2n) is 12.5. The molecule has 47 heavy (non-hydrogen) atoms. The maximum Gasteiger partial charge on any atom is 0.256 e. The van der Waals surface area contributed by atoms with Crippen LogP contribution in [0.4, 0.5) is 22.7 Å². The summed E-state index contributed by atoms with van der Waals surface area (Å²) in [4.78, 5) is 22.6. The summed E-state index contributed by atoms with van der Waals surface area (Å²) in [5.74, 6) is 6.27. The molecule has 0 saturated carbocycles. The van der Waals surface area contributed by atoms with E-state index < -0.39 is 5.41 Å². The number of likely N-dealkylation sites (N-methyl/N-ethyl adjacent to an activating group) is 2. The van der Waals surface area contributed by atoms with Crippen molar-refractivity contribution in [2.45, 2.75) is 26.2 Å². The first kappa shape index (κ1) is 33.2. The van der Waals surface area contributed by atoms with Crippen LogP contribution in [0.15, 0.2) is 67.3 Å². The molecule has 0 aliphatic rings. The molecule has 2 aromatic carbocycles. The van der Waals surface area contributed by atoms with E-state index in [2.05, 4.69) is 57.7 Å². The van der Waals surface area contributed by atoms with Crippen LogP contribution in [0, 0.1) is 30.1 Å². The molecule has 11 heteroatoms. The number of pyridine rings is 1. The van der Waals surface area contributed by atoms with Gasteiger partial charge in [-0.2, -0.15) is 10.4 Å². The van der Waals surface area contributed by atoms with Gasteiger partial charge in [-0.1, -0.05) is 12.0 Å². The van der Waals surface area contributed by atoms with Gasteiger partial charge < -0.3 is 20.4 Å². The van der Waals surface area contributed by atoms with E-state index in [0.717, 1.165) is 63.5 Å². The summed E-state index contributed by atoms with van der Waals surface area (Å²) in [7, 11) is 10.6. The molecule has 2 N–H and O–H groups in total. The van der Waals surface area contributed by atoms with Crippen LogP contribution in [0.2, 0.25) is 0 Å². The number of hydrogen-bond acceptors (Lipinski definition) is 7. The molecule has 1 atom stereocenters. The normalized spacial score (nSPS) is 11.2. The van der Waals surface area contributed by atoms with Gasteiger partial charge in [-0.05, 0) is 93.6 Å². The number of imidazole rings is 1. The Hall–Kier alpha value is -5.15. The van der Waals surface area contributed by atoms with Gasteiger partial charge in [0.2, 0.25) is 0 Å². The minimum Gasteiger partial charge on any atom is -0.373 e. The van der Waals surface area contributed by atoms with Crippen molar-refractivity contribution in [3.63, 3.8) is 0 Å². The summed E-state index contributed by atoms with van der Waals surface area (Å²) in [5, 5.41) is 21.3. The number of nitriles is 1. The molecule has 0 radical (unpaired) electrons. The van der Waals surface area contributed by atoms with Crippen molar-refractivity contribution in [1.82, 2.24) is 24.1 Å². The molecule has 3 heterocycles. The highest BCUT2D eigenvalue weighted by Gasteiger charge is 2.23. The van der Waals surface area contributed by atoms with Gasteiger partial charge >= 0.3 is 0 Å². The van der Waals surface area contributed by atoms with Crippen LogP contribution < -0.4 is 20.8 Å². The number of carbonyl (C=O) groups is 1. The lowest BCUT2D eigenvalue weighted by molar-refractivity contribution is 0.102. The fraction of sp³-hybridized carbons (Fsp3) is 0.278. The summed E-state index contributed by atoms with van der Waals surface area (Å²) in [6.07, 6.45) is 7.32. The summed E-state index contributed by atoms with van der Waals surface area (Å²) in [6.45, 7) is 7.40. The monoisotopic (exact) mass is 645 g/mol. The highest BCUT2D eigenvalue weighted by Crippen LogP contribution is 2.31. The predicted octanol–water partition coefficient (Wildman–Crippen LogP) is 5.07. The fourth-order valence-corrected chi connectivity index (χ4v) is 5.51. The average Bonchev–Trinajstić information content (AvgIpc) is 3.65. The number of nitrogens with one attached hydrogen (secondary N) is 2. The minimum absolute atomic E-state index is 0.257. The molecule has 0 fully saturated rings. The van der Waals surface area contributed by atoms with Gasteiger partial charge in [0.25, 0.3) is 5.91 Å². The molecule has 0 bridgehead atoms. The first-order valence-corrected chi connectivity index (χ1v) is 15.8. The summed E-state index contributed by atoms with van der Waals surface area (Å²) in [5.41, 5.74) is 7.01. The number of rotatable bonds is 9. The standard InChI is InChI=1S/C36H40N9OP/c1-24-15-33(47)31(35(46)41-27-17-26(36(2,3)23-37)18-30(19-27)43(6)14-13-42(4)5)16-25(24)10-11-29-21-38-34-32(9-8-12-45(29)34)40-28-20-39-44(7)22-28/h8-9,12,15-22,40H,13-14,47H2,1-7H3,(H,41,46). The van der Waals surface area contributed by atoms with Crippen LogP contribution >= 0.6 is 9.24 Å². The Morgan fingerprint density at radius 2 is 1.85 bits per heavy atom. The van der Waals surface area contributed by atoms with Crippen LogP contribution in [0.5, 0.6) is 0 Å². The molecule has 3 aromatic heterocycles. The van der Waals surface area contributed by atoms with Crippen molar-refractivity contribution in [2.24, 2.45) is 7.05 Å². The Labute approximate surface area is 278 Å². The van der Waals surface area contributed by atoms with E-state index in [9.17, 15) is 10.1 Å². The Balaban J connectivity index is 1.43. The van der Waals surface area contributed by atoms with Crippen molar-refractivity contribution >= 4 is 48.8 Å². The van der Waals surface area contributed by atoms with Gasteiger partial charge in [0, 0.05) is 62.1 Å². The van der Waals surface area contributed by atoms with Crippen LogP contribution in [0.1, 0.15) is 46.6 Å². The van der Waals surface area contributed by atoms with E-state index in [4.69, 9.17) is 0 Å². The zero-order valence-electron chi connectivity index (χ0n) is 27.9. The van der Waals surface area contributed by atoms with E-state index >= 15 is 0 Å². The van der Waals surface area contributed by atoms with E-state index in [1.807, 2.05) is 108 Å². The zero-order valence-corrected chi connectivity index (χ0v) is 29.0. The van der Waals surface area contributed by atoms with Crippen molar-refractivity contribution in [1.29, 1.82) is 5.26 Å². The Morgan fingerprint density at radius 1 is 1.06 bits per heavy atom. The van der Waals surface area contributed by atoms with Crippen molar-refractivity contribution in [3.8, 4) is 17.9 Å². The number of carbonyl (C=O) groups excluding carboxylic acids is 1. The zero-order chi connectivity index (χ0) is 33.9. The van der Waals surface area contributed by atoms with Crippen molar-refractivity contribution in [3.05, 3.63) is 95.2 Å². The van der Waals surface area contributed by atoms with Gasteiger partial charge in [-0.25, -0.2) is 4.98 Å². The van der Waals surface area contributed by atoms with Crippen LogP contribution in [0.3, 0.4) is 0 Å². The summed E-state index contributed by atoms with van der Waals surface area (Å²) < 4.78 is 3.67. The Morgan fingerprint density at radius 3 is 2.55 bits per heavy atom. The average molecular weight is 646 g/mol. The van der Waals surface area contributed by atoms with E-state index in [1.54, 1.807) is 17.1 Å². The topological polar surface area (TPSA) is 107 Å². The van der Waals surface area contributed by atoms with Gasteiger partial charge in [0.1, 0.15) is 5.69 Å². The largest absolute Gasteiger partial charge is 0.373 e. The highest BCUT2D eigenvalue weighted by molar-refractivity contribution is 7.27. The van der Waals surface area contributed by atoms with Gasteiger partial charge in [0.05, 0.1) is 35.3 Å². The van der Waals surface area contributed by atoms with Crippen molar-refractivity contribution < 1.29 is 4.79 Å².